The summed E-state index contributed by atoms with van der Waals surface area (Å²) in [5.41, 5.74) is 2.02. The first-order valence-electron chi connectivity index (χ1n) is 14.6. The second-order valence-electron chi connectivity index (χ2n) is 10.8. The number of benzene rings is 3. The SMILES string of the molecule is CCCCCCCCc1cc2cc3cc4cc5oc(CCCCCCCC)cc5cc4cc3cc2o1. The third-order valence-electron chi connectivity index (χ3n) is 7.72. The van der Waals surface area contributed by atoms with E-state index in [0.717, 1.165) is 35.5 Å². The number of unbranched alkanes of at least 4 members (excludes halogenated alkanes) is 10. The summed E-state index contributed by atoms with van der Waals surface area (Å²) in [4.78, 5) is 0. The van der Waals surface area contributed by atoms with Crippen LogP contribution in [0.5, 0.6) is 0 Å². The summed E-state index contributed by atoms with van der Waals surface area (Å²) in [6.45, 7) is 4.54. The smallest absolute Gasteiger partial charge is 0.134 e. The van der Waals surface area contributed by atoms with E-state index in [0.29, 0.717) is 0 Å². The molecule has 3 aromatic carbocycles. The second-order valence-corrected chi connectivity index (χ2v) is 10.8. The first-order valence-corrected chi connectivity index (χ1v) is 14.6. The topological polar surface area (TPSA) is 26.3 Å². The molecule has 0 bridgehead atoms. The van der Waals surface area contributed by atoms with E-state index in [1.54, 1.807) is 0 Å². The first-order chi connectivity index (χ1) is 17.7. The summed E-state index contributed by atoms with van der Waals surface area (Å²) in [7, 11) is 0. The Morgan fingerprint density at radius 1 is 0.389 bits per heavy atom. The van der Waals surface area contributed by atoms with Crippen molar-refractivity contribution in [3.8, 4) is 0 Å². The molecule has 0 unspecified atom stereocenters. The van der Waals surface area contributed by atoms with Crippen molar-refractivity contribution in [1.29, 1.82) is 0 Å². The summed E-state index contributed by atoms with van der Waals surface area (Å²) in [6.07, 6.45) is 17.8. The van der Waals surface area contributed by atoms with Crippen LogP contribution >= 0.6 is 0 Å². The fourth-order valence-corrected chi connectivity index (χ4v) is 5.59. The molecule has 2 heterocycles. The van der Waals surface area contributed by atoms with E-state index in [2.05, 4.69) is 62.4 Å². The van der Waals surface area contributed by atoms with Gasteiger partial charge < -0.3 is 8.83 Å². The Morgan fingerprint density at radius 2 is 0.750 bits per heavy atom. The molecule has 36 heavy (non-hydrogen) atoms. The molecule has 5 aromatic rings. The lowest BCUT2D eigenvalue weighted by Gasteiger charge is -2.03. The first kappa shape index (κ1) is 24.9. The molecule has 0 N–H and O–H groups in total. The van der Waals surface area contributed by atoms with Crippen molar-refractivity contribution in [1.82, 2.24) is 0 Å². The Balaban J connectivity index is 1.30. The number of aryl methyl sites for hydroxylation is 2. The van der Waals surface area contributed by atoms with Crippen molar-refractivity contribution in [2.45, 2.75) is 104 Å². The van der Waals surface area contributed by atoms with Gasteiger partial charge in [0.05, 0.1) is 0 Å². The van der Waals surface area contributed by atoms with E-state index >= 15 is 0 Å². The van der Waals surface area contributed by atoms with Crippen molar-refractivity contribution >= 4 is 43.5 Å². The van der Waals surface area contributed by atoms with Gasteiger partial charge in [0, 0.05) is 23.6 Å². The number of hydrogen-bond donors (Lipinski definition) is 0. The molecule has 190 valence electrons. The normalized spacial score (nSPS) is 12.1. The molecule has 2 heteroatoms. The second kappa shape index (κ2) is 12.0. The number of furan rings is 2. The lowest BCUT2D eigenvalue weighted by molar-refractivity contribution is 0.521. The van der Waals surface area contributed by atoms with Gasteiger partial charge in [-0.05, 0) is 82.9 Å². The summed E-state index contributed by atoms with van der Waals surface area (Å²) in [6, 6.07) is 18.1. The van der Waals surface area contributed by atoms with Crippen LogP contribution in [0, 0.1) is 0 Å². The van der Waals surface area contributed by atoms with Crippen LogP contribution in [0.1, 0.15) is 102 Å². The van der Waals surface area contributed by atoms with Crippen LogP contribution < -0.4 is 0 Å². The average Bonchev–Trinajstić information content (AvgIpc) is 3.46. The van der Waals surface area contributed by atoms with Gasteiger partial charge >= 0.3 is 0 Å². The molecule has 5 rings (SSSR count). The zero-order chi connectivity index (χ0) is 24.7. The summed E-state index contributed by atoms with van der Waals surface area (Å²) in [5, 5.41) is 7.43. The molecule has 0 saturated carbocycles. The molecular formula is C34H42O2. The van der Waals surface area contributed by atoms with Gasteiger partial charge in [-0.2, -0.15) is 0 Å². The Bertz CT molecular complexity index is 1220. The van der Waals surface area contributed by atoms with Crippen LogP contribution in [0.15, 0.2) is 57.4 Å². The van der Waals surface area contributed by atoms with Crippen LogP contribution in [0.25, 0.3) is 43.5 Å². The van der Waals surface area contributed by atoms with Crippen molar-refractivity contribution < 1.29 is 8.83 Å². The summed E-state index contributed by atoms with van der Waals surface area (Å²) < 4.78 is 12.5. The lowest BCUT2D eigenvalue weighted by Crippen LogP contribution is -1.83. The van der Waals surface area contributed by atoms with E-state index in [1.165, 1.54) is 109 Å². The molecule has 0 atom stereocenters. The Hall–Kier alpha value is -2.74. The van der Waals surface area contributed by atoms with Crippen LogP contribution in [0.3, 0.4) is 0 Å². The summed E-state index contributed by atoms with van der Waals surface area (Å²) in [5.74, 6) is 2.24. The molecule has 0 spiro atoms. The monoisotopic (exact) mass is 482 g/mol. The van der Waals surface area contributed by atoms with Gasteiger partial charge in [0.1, 0.15) is 22.7 Å². The summed E-state index contributed by atoms with van der Waals surface area (Å²) >= 11 is 0. The molecule has 0 fully saturated rings. The van der Waals surface area contributed by atoms with Gasteiger partial charge in [0.2, 0.25) is 0 Å². The minimum Gasteiger partial charge on any atom is -0.461 e. The minimum absolute atomic E-state index is 1.01. The average molecular weight is 483 g/mol. The number of hydrogen-bond acceptors (Lipinski definition) is 2. The highest BCUT2D eigenvalue weighted by Crippen LogP contribution is 2.33. The Morgan fingerprint density at radius 3 is 1.19 bits per heavy atom. The Labute approximate surface area is 216 Å². The van der Waals surface area contributed by atoms with Crippen molar-refractivity contribution in [2.24, 2.45) is 0 Å². The maximum Gasteiger partial charge on any atom is 0.134 e. The van der Waals surface area contributed by atoms with Crippen LogP contribution in [0.2, 0.25) is 0 Å². The molecule has 0 aliphatic rings. The maximum absolute atomic E-state index is 6.24. The van der Waals surface area contributed by atoms with E-state index in [1.807, 2.05) is 0 Å². The van der Waals surface area contributed by atoms with Crippen LogP contribution in [0.4, 0.5) is 0 Å². The minimum atomic E-state index is 1.01. The largest absolute Gasteiger partial charge is 0.461 e. The van der Waals surface area contributed by atoms with E-state index < -0.39 is 0 Å². The predicted molar refractivity (Wildman–Crippen MR) is 155 cm³/mol. The molecule has 0 radical (unpaired) electrons. The standard InChI is InChI=1S/C34H42O2/c1-3-5-7-9-11-13-15-31-21-29-19-25-17-28-24-34-30(20-26(28)18-27(25)23-33(29)35-31)22-32(36-34)16-14-12-10-8-6-4-2/h17-24H,3-16H2,1-2H3. The predicted octanol–water partition coefficient (Wildman–Crippen LogP) is 11.3. The van der Waals surface area contributed by atoms with Gasteiger partial charge in [0.25, 0.3) is 0 Å². The molecule has 0 saturated heterocycles. The molecule has 2 nitrogen and oxygen atoms in total. The van der Waals surface area contributed by atoms with Crippen LogP contribution in [-0.4, -0.2) is 0 Å². The highest BCUT2D eigenvalue weighted by Gasteiger charge is 2.10. The molecule has 2 aromatic heterocycles. The van der Waals surface area contributed by atoms with Gasteiger partial charge in [-0.3, -0.25) is 0 Å². The van der Waals surface area contributed by atoms with Crippen molar-refractivity contribution in [3.05, 3.63) is 60.1 Å². The highest BCUT2D eigenvalue weighted by atomic mass is 16.3. The van der Waals surface area contributed by atoms with Gasteiger partial charge in [0.15, 0.2) is 0 Å². The third-order valence-corrected chi connectivity index (χ3v) is 7.72. The quantitative estimate of drug-likeness (QED) is 0.116. The van der Waals surface area contributed by atoms with Crippen molar-refractivity contribution in [2.75, 3.05) is 0 Å². The third kappa shape index (κ3) is 5.97. The van der Waals surface area contributed by atoms with Gasteiger partial charge in [-0.15, -0.1) is 0 Å². The van der Waals surface area contributed by atoms with Gasteiger partial charge in [-0.25, -0.2) is 0 Å². The highest BCUT2D eigenvalue weighted by molar-refractivity contribution is 6.06. The zero-order valence-corrected chi connectivity index (χ0v) is 22.3. The van der Waals surface area contributed by atoms with E-state index in [-0.39, 0.29) is 0 Å². The van der Waals surface area contributed by atoms with Gasteiger partial charge in [-0.1, -0.05) is 78.1 Å². The molecular weight excluding hydrogens is 440 g/mol. The van der Waals surface area contributed by atoms with Crippen LogP contribution in [-0.2, 0) is 12.8 Å². The maximum atomic E-state index is 6.24. The van der Waals surface area contributed by atoms with E-state index in [9.17, 15) is 0 Å². The zero-order valence-electron chi connectivity index (χ0n) is 22.3. The molecule has 0 amide bonds. The molecule has 0 aliphatic heterocycles. The van der Waals surface area contributed by atoms with Crippen molar-refractivity contribution in [3.63, 3.8) is 0 Å². The van der Waals surface area contributed by atoms with E-state index in [4.69, 9.17) is 8.83 Å². The molecule has 0 aliphatic carbocycles. The lowest BCUT2D eigenvalue weighted by atomic mass is 10.0. The Kier molecular flexibility index (Phi) is 8.31. The fourth-order valence-electron chi connectivity index (χ4n) is 5.59. The fraction of sp³-hybridized carbons (Fsp3) is 0.471. The number of fused-ring (bicyclic) bond motifs is 4. The number of rotatable bonds is 14.